The molecule has 1 fully saturated rings. The number of hydrogen-bond acceptors (Lipinski definition) is 3. The molecular weight excluding hydrogens is 202 g/mol. The summed E-state index contributed by atoms with van der Waals surface area (Å²) in [5.41, 5.74) is 0.946. The normalized spacial score (nSPS) is 23.2. The Labute approximate surface area is 96.7 Å². The Morgan fingerprint density at radius 2 is 2.50 bits per heavy atom. The molecule has 2 rings (SSSR count). The first-order chi connectivity index (χ1) is 7.83. The maximum atomic E-state index is 10.3. The molecule has 90 valence electrons. The molecule has 0 aliphatic carbocycles. The lowest BCUT2D eigenvalue weighted by Crippen LogP contribution is -2.39. The highest BCUT2D eigenvalue weighted by Gasteiger charge is 2.24. The highest BCUT2D eigenvalue weighted by atomic mass is 16.3. The van der Waals surface area contributed by atoms with Gasteiger partial charge < -0.3 is 10.4 Å². The van der Waals surface area contributed by atoms with E-state index in [9.17, 15) is 5.11 Å². The number of aliphatic hydroxyl groups is 1. The third-order valence-electron chi connectivity index (χ3n) is 3.22. The minimum absolute atomic E-state index is 0.195. The zero-order valence-corrected chi connectivity index (χ0v) is 9.89. The second-order valence-electron chi connectivity index (χ2n) is 4.48. The summed E-state index contributed by atoms with van der Waals surface area (Å²) in [5, 5.41) is 18.0. The van der Waals surface area contributed by atoms with Gasteiger partial charge in [-0.05, 0) is 31.9 Å². The molecule has 4 nitrogen and oxygen atoms in total. The van der Waals surface area contributed by atoms with Crippen molar-refractivity contribution < 1.29 is 5.11 Å². The van der Waals surface area contributed by atoms with Gasteiger partial charge in [0.2, 0.25) is 0 Å². The SMILES string of the molecule is CCCn1nccc1C(O)C1CCCCN1. The zero-order valence-electron chi connectivity index (χ0n) is 9.89. The van der Waals surface area contributed by atoms with Crippen LogP contribution in [0.2, 0.25) is 0 Å². The lowest BCUT2D eigenvalue weighted by molar-refractivity contribution is 0.105. The Balaban J connectivity index is 2.06. The quantitative estimate of drug-likeness (QED) is 0.812. The van der Waals surface area contributed by atoms with Gasteiger partial charge in [0.1, 0.15) is 6.10 Å². The molecule has 0 aromatic carbocycles. The van der Waals surface area contributed by atoms with Crippen molar-refractivity contribution in [1.82, 2.24) is 15.1 Å². The Hall–Kier alpha value is -0.870. The number of nitrogens with zero attached hydrogens (tertiary/aromatic N) is 2. The molecule has 16 heavy (non-hydrogen) atoms. The first kappa shape index (κ1) is 11.6. The largest absolute Gasteiger partial charge is 0.385 e. The molecule has 2 atom stereocenters. The average Bonchev–Trinajstić information content (AvgIpc) is 2.78. The summed E-state index contributed by atoms with van der Waals surface area (Å²) in [7, 11) is 0. The fourth-order valence-corrected chi connectivity index (χ4v) is 2.35. The molecule has 0 amide bonds. The van der Waals surface area contributed by atoms with Gasteiger partial charge in [-0.15, -0.1) is 0 Å². The summed E-state index contributed by atoms with van der Waals surface area (Å²) in [6, 6.07) is 2.12. The van der Waals surface area contributed by atoms with Crippen molar-refractivity contribution >= 4 is 0 Å². The highest BCUT2D eigenvalue weighted by molar-refractivity contribution is 5.08. The third-order valence-corrected chi connectivity index (χ3v) is 3.22. The second kappa shape index (κ2) is 5.46. The van der Waals surface area contributed by atoms with Crippen LogP contribution in [0.3, 0.4) is 0 Å². The van der Waals surface area contributed by atoms with Gasteiger partial charge in [-0.1, -0.05) is 13.3 Å². The Kier molecular flexibility index (Phi) is 3.96. The van der Waals surface area contributed by atoms with Crippen LogP contribution in [-0.4, -0.2) is 27.5 Å². The van der Waals surface area contributed by atoms with Crippen molar-refractivity contribution in [3.63, 3.8) is 0 Å². The maximum Gasteiger partial charge on any atom is 0.111 e. The van der Waals surface area contributed by atoms with Crippen LogP contribution in [-0.2, 0) is 6.54 Å². The molecule has 1 aliphatic rings. The Morgan fingerprint density at radius 1 is 1.62 bits per heavy atom. The van der Waals surface area contributed by atoms with E-state index in [0.29, 0.717) is 0 Å². The lowest BCUT2D eigenvalue weighted by atomic mass is 9.98. The van der Waals surface area contributed by atoms with Crippen LogP contribution in [0.4, 0.5) is 0 Å². The molecular formula is C12H21N3O. The van der Waals surface area contributed by atoms with E-state index < -0.39 is 6.10 Å². The maximum absolute atomic E-state index is 10.3. The standard InChI is InChI=1S/C12H21N3O/c1-2-9-15-11(6-8-14-15)12(16)10-5-3-4-7-13-10/h6,8,10,12-13,16H,2-5,7,9H2,1H3. The summed E-state index contributed by atoms with van der Waals surface area (Å²) >= 11 is 0. The minimum atomic E-state index is -0.422. The molecule has 2 N–H and O–H groups in total. The van der Waals surface area contributed by atoms with Gasteiger partial charge >= 0.3 is 0 Å². The van der Waals surface area contributed by atoms with Crippen LogP contribution in [0, 0.1) is 0 Å². The van der Waals surface area contributed by atoms with E-state index in [1.165, 1.54) is 12.8 Å². The van der Waals surface area contributed by atoms with Crippen molar-refractivity contribution in [2.24, 2.45) is 0 Å². The molecule has 0 bridgehead atoms. The van der Waals surface area contributed by atoms with Crippen LogP contribution in [0.25, 0.3) is 0 Å². The number of aliphatic hydroxyl groups excluding tert-OH is 1. The third kappa shape index (κ3) is 2.44. The van der Waals surface area contributed by atoms with E-state index >= 15 is 0 Å². The van der Waals surface area contributed by atoms with Crippen molar-refractivity contribution in [2.45, 2.75) is 51.3 Å². The summed E-state index contributed by atoms with van der Waals surface area (Å²) in [6.07, 6.45) is 5.87. The fraction of sp³-hybridized carbons (Fsp3) is 0.750. The van der Waals surface area contributed by atoms with E-state index in [1.807, 2.05) is 10.7 Å². The van der Waals surface area contributed by atoms with Crippen molar-refractivity contribution in [1.29, 1.82) is 0 Å². The van der Waals surface area contributed by atoms with Crippen molar-refractivity contribution in [3.8, 4) is 0 Å². The first-order valence-electron chi connectivity index (χ1n) is 6.26. The number of rotatable bonds is 4. The lowest BCUT2D eigenvalue weighted by Gasteiger charge is -2.28. The summed E-state index contributed by atoms with van der Waals surface area (Å²) in [5.74, 6) is 0. The summed E-state index contributed by atoms with van der Waals surface area (Å²) in [4.78, 5) is 0. The summed E-state index contributed by atoms with van der Waals surface area (Å²) in [6.45, 7) is 4.02. The van der Waals surface area contributed by atoms with Crippen LogP contribution >= 0.6 is 0 Å². The first-order valence-corrected chi connectivity index (χ1v) is 6.26. The Morgan fingerprint density at radius 3 is 3.19 bits per heavy atom. The molecule has 1 saturated heterocycles. The number of hydrogen-bond donors (Lipinski definition) is 2. The molecule has 4 heteroatoms. The van der Waals surface area contributed by atoms with Crippen LogP contribution in [0.15, 0.2) is 12.3 Å². The molecule has 1 aromatic heterocycles. The Bertz CT molecular complexity index is 318. The molecule has 0 saturated carbocycles. The van der Waals surface area contributed by atoms with Crippen LogP contribution < -0.4 is 5.32 Å². The van der Waals surface area contributed by atoms with Crippen molar-refractivity contribution in [2.75, 3.05) is 6.54 Å². The molecule has 0 spiro atoms. The number of nitrogens with one attached hydrogen (secondary N) is 1. The predicted molar refractivity (Wildman–Crippen MR) is 63.1 cm³/mol. The van der Waals surface area contributed by atoms with Crippen LogP contribution in [0.1, 0.15) is 44.4 Å². The molecule has 1 aliphatic heterocycles. The van der Waals surface area contributed by atoms with E-state index in [0.717, 1.165) is 31.6 Å². The van der Waals surface area contributed by atoms with E-state index in [1.54, 1.807) is 6.20 Å². The highest BCUT2D eigenvalue weighted by Crippen LogP contribution is 2.22. The molecule has 0 radical (unpaired) electrons. The van der Waals surface area contributed by atoms with Gasteiger partial charge in [0, 0.05) is 18.8 Å². The zero-order chi connectivity index (χ0) is 11.4. The monoisotopic (exact) mass is 223 g/mol. The van der Waals surface area contributed by atoms with Gasteiger partial charge in [-0.25, -0.2) is 0 Å². The average molecular weight is 223 g/mol. The summed E-state index contributed by atoms with van der Waals surface area (Å²) < 4.78 is 1.92. The number of piperidine rings is 1. The smallest absolute Gasteiger partial charge is 0.111 e. The molecule has 2 heterocycles. The van der Waals surface area contributed by atoms with E-state index in [2.05, 4.69) is 17.3 Å². The number of aromatic nitrogens is 2. The van der Waals surface area contributed by atoms with Gasteiger partial charge in [-0.3, -0.25) is 4.68 Å². The van der Waals surface area contributed by atoms with Crippen LogP contribution in [0.5, 0.6) is 0 Å². The second-order valence-corrected chi connectivity index (χ2v) is 4.48. The molecule has 2 unspecified atom stereocenters. The minimum Gasteiger partial charge on any atom is -0.385 e. The van der Waals surface area contributed by atoms with E-state index in [-0.39, 0.29) is 6.04 Å². The van der Waals surface area contributed by atoms with Gasteiger partial charge in [0.25, 0.3) is 0 Å². The van der Waals surface area contributed by atoms with Gasteiger partial charge in [0.05, 0.1) is 5.69 Å². The van der Waals surface area contributed by atoms with Crippen molar-refractivity contribution in [3.05, 3.63) is 18.0 Å². The fourth-order valence-electron chi connectivity index (χ4n) is 2.35. The number of aryl methyl sites for hydroxylation is 1. The predicted octanol–water partition coefficient (Wildman–Crippen LogP) is 1.47. The van der Waals surface area contributed by atoms with E-state index in [4.69, 9.17) is 0 Å². The van der Waals surface area contributed by atoms with Gasteiger partial charge in [0.15, 0.2) is 0 Å². The van der Waals surface area contributed by atoms with Gasteiger partial charge in [-0.2, -0.15) is 5.10 Å². The molecule has 1 aromatic rings. The topological polar surface area (TPSA) is 50.1 Å².